The van der Waals surface area contributed by atoms with Crippen LogP contribution in [0.1, 0.15) is 54.3 Å². The second-order valence-electron chi connectivity index (χ2n) is 7.23. The van der Waals surface area contributed by atoms with Gasteiger partial charge in [0.25, 0.3) is 5.91 Å². The smallest absolute Gasteiger partial charge is 0.322 e. The van der Waals surface area contributed by atoms with Crippen LogP contribution in [0.15, 0.2) is 42.5 Å². The number of imidazole rings is 1. The number of alkyl halides is 3. The number of halogens is 4. The van der Waals surface area contributed by atoms with Crippen molar-refractivity contribution in [3.05, 3.63) is 58.9 Å². The maximum atomic E-state index is 13.7. The van der Waals surface area contributed by atoms with Crippen LogP contribution < -0.4 is 5.32 Å². The molecule has 0 saturated heterocycles. The number of benzene rings is 2. The van der Waals surface area contributed by atoms with Crippen molar-refractivity contribution < 1.29 is 18.0 Å². The fraction of sp³-hybridized carbons (Fsp3) is 0.333. The fourth-order valence-corrected chi connectivity index (χ4v) is 4.15. The lowest BCUT2D eigenvalue weighted by atomic mass is 9.95. The quantitative estimate of drug-likeness (QED) is 0.527. The predicted molar refractivity (Wildman–Crippen MR) is 106 cm³/mol. The van der Waals surface area contributed by atoms with Crippen molar-refractivity contribution in [2.24, 2.45) is 0 Å². The van der Waals surface area contributed by atoms with Crippen LogP contribution >= 0.6 is 11.6 Å². The van der Waals surface area contributed by atoms with Crippen LogP contribution in [0.3, 0.4) is 0 Å². The van der Waals surface area contributed by atoms with E-state index in [2.05, 4.69) is 10.3 Å². The molecule has 1 saturated carbocycles. The van der Waals surface area contributed by atoms with Crippen LogP contribution in [-0.4, -0.2) is 15.5 Å². The number of hydrogen-bond donors (Lipinski definition) is 1. The summed E-state index contributed by atoms with van der Waals surface area (Å²) in [5, 5.41) is 2.98. The largest absolute Gasteiger partial charge is 0.449 e. The van der Waals surface area contributed by atoms with Crippen molar-refractivity contribution in [2.45, 2.75) is 44.3 Å². The summed E-state index contributed by atoms with van der Waals surface area (Å²) in [5.41, 5.74) is 1.29. The molecule has 1 aromatic heterocycles. The van der Waals surface area contributed by atoms with E-state index < -0.39 is 17.9 Å². The van der Waals surface area contributed by atoms with E-state index in [4.69, 9.17) is 11.6 Å². The third-order valence-corrected chi connectivity index (χ3v) is 5.59. The summed E-state index contributed by atoms with van der Waals surface area (Å²) >= 11 is 6.04. The van der Waals surface area contributed by atoms with Gasteiger partial charge in [0, 0.05) is 11.7 Å². The molecule has 0 bridgehead atoms. The summed E-state index contributed by atoms with van der Waals surface area (Å²) in [5.74, 6) is -1.31. The number of rotatable bonds is 3. The second kappa shape index (κ2) is 7.71. The summed E-state index contributed by atoms with van der Waals surface area (Å²) in [4.78, 5) is 16.3. The number of anilines is 1. The molecule has 1 aliphatic rings. The van der Waals surface area contributed by atoms with Crippen molar-refractivity contribution in [3.63, 3.8) is 0 Å². The monoisotopic (exact) mass is 421 g/mol. The van der Waals surface area contributed by atoms with Gasteiger partial charge in [0.2, 0.25) is 5.82 Å². The molecule has 8 heteroatoms. The molecule has 1 fully saturated rings. The highest BCUT2D eigenvalue weighted by Crippen LogP contribution is 2.38. The normalized spacial score (nSPS) is 15.6. The molecule has 0 spiro atoms. The number of hydrogen-bond acceptors (Lipinski definition) is 2. The van der Waals surface area contributed by atoms with Gasteiger partial charge in [-0.25, -0.2) is 4.98 Å². The molecule has 29 heavy (non-hydrogen) atoms. The predicted octanol–water partition coefficient (Wildman–Crippen LogP) is 6.47. The van der Waals surface area contributed by atoms with Gasteiger partial charge >= 0.3 is 6.18 Å². The molecule has 3 aromatic rings. The van der Waals surface area contributed by atoms with E-state index >= 15 is 0 Å². The topological polar surface area (TPSA) is 46.9 Å². The summed E-state index contributed by atoms with van der Waals surface area (Å²) in [6, 6.07) is 11.0. The van der Waals surface area contributed by atoms with Crippen LogP contribution in [0.2, 0.25) is 5.02 Å². The molecular weight excluding hydrogens is 403 g/mol. The third kappa shape index (κ3) is 3.96. The van der Waals surface area contributed by atoms with Gasteiger partial charge in [0.15, 0.2) is 0 Å². The van der Waals surface area contributed by atoms with E-state index in [1.165, 1.54) is 10.6 Å². The minimum absolute atomic E-state index is 0.208. The lowest BCUT2D eigenvalue weighted by molar-refractivity contribution is -0.147. The molecule has 0 aliphatic heterocycles. The number of aromatic nitrogens is 2. The summed E-state index contributed by atoms with van der Waals surface area (Å²) < 4.78 is 42.3. The summed E-state index contributed by atoms with van der Waals surface area (Å²) in [6.45, 7) is 0. The number of carbonyl (C=O) groups excluding carboxylic acids is 1. The average Bonchev–Trinajstić information content (AvgIpc) is 3.08. The molecular formula is C21H19ClF3N3O. The number of nitrogens with one attached hydrogen (secondary N) is 1. The first-order valence-electron chi connectivity index (χ1n) is 9.49. The maximum absolute atomic E-state index is 13.7. The Morgan fingerprint density at radius 3 is 2.52 bits per heavy atom. The summed E-state index contributed by atoms with van der Waals surface area (Å²) in [7, 11) is 0. The van der Waals surface area contributed by atoms with Gasteiger partial charge in [-0.3, -0.25) is 4.79 Å². The highest BCUT2D eigenvalue weighted by molar-refractivity contribution is 6.34. The average molecular weight is 422 g/mol. The fourth-order valence-electron chi connectivity index (χ4n) is 3.93. The van der Waals surface area contributed by atoms with Gasteiger partial charge < -0.3 is 9.88 Å². The first-order valence-corrected chi connectivity index (χ1v) is 9.87. The van der Waals surface area contributed by atoms with Crippen LogP contribution in [0.25, 0.3) is 11.0 Å². The third-order valence-electron chi connectivity index (χ3n) is 5.26. The zero-order valence-electron chi connectivity index (χ0n) is 15.5. The van der Waals surface area contributed by atoms with Gasteiger partial charge in [-0.2, -0.15) is 13.2 Å². The van der Waals surface area contributed by atoms with Gasteiger partial charge in [-0.15, -0.1) is 0 Å². The molecule has 152 valence electrons. The number of nitrogens with zero attached hydrogens (tertiary/aromatic N) is 2. The standard InChI is InChI=1S/C21H19ClF3N3O/c22-16-9-5-4-8-15(16)19(29)26-13-10-11-18-17(12-13)27-20(21(23,24)25)28(18)14-6-2-1-3-7-14/h4-5,8-12,14H,1-3,6-7H2,(H,26,29). The highest BCUT2D eigenvalue weighted by Gasteiger charge is 2.39. The van der Waals surface area contributed by atoms with Gasteiger partial charge in [0.1, 0.15) is 0 Å². The summed E-state index contributed by atoms with van der Waals surface area (Å²) in [6.07, 6.45) is -0.263. The van der Waals surface area contributed by atoms with Crippen LogP contribution in [0.5, 0.6) is 0 Å². The number of fused-ring (bicyclic) bond motifs is 1. The molecule has 0 unspecified atom stereocenters. The van der Waals surface area contributed by atoms with Crippen LogP contribution in [0.4, 0.5) is 18.9 Å². The highest BCUT2D eigenvalue weighted by atomic mass is 35.5. The molecule has 1 N–H and O–H groups in total. The molecule has 1 aliphatic carbocycles. The van der Waals surface area contributed by atoms with E-state index in [0.29, 0.717) is 29.1 Å². The van der Waals surface area contributed by atoms with Crippen molar-refractivity contribution in [3.8, 4) is 0 Å². The Bertz CT molecular complexity index is 1050. The molecule has 1 heterocycles. The number of amides is 1. The molecule has 0 atom stereocenters. The Morgan fingerprint density at radius 1 is 1.10 bits per heavy atom. The first-order chi connectivity index (χ1) is 13.8. The van der Waals surface area contributed by atoms with Crippen LogP contribution in [0, 0.1) is 0 Å². The lowest BCUT2D eigenvalue weighted by Crippen LogP contribution is -2.21. The van der Waals surface area contributed by atoms with Crippen molar-refractivity contribution in [2.75, 3.05) is 5.32 Å². The minimum Gasteiger partial charge on any atom is -0.322 e. The zero-order valence-corrected chi connectivity index (χ0v) is 16.2. The van der Waals surface area contributed by atoms with E-state index in [0.717, 1.165) is 19.3 Å². The Kier molecular flexibility index (Phi) is 5.25. The van der Waals surface area contributed by atoms with E-state index in [-0.39, 0.29) is 17.1 Å². The molecule has 0 radical (unpaired) electrons. The molecule has 2 aromatic carbocycles. The van der Waals surface area contributed by atoms with Crippen molar-refractivity contribution in [1.82, 2.24) is 9.55 Å². The SMILES string of the molecule is O=C(Nc1ccc2c(c1)nc(C(F)(F)F)n2C1CCCCC1)c1ccccc1Cl. The van der Waals surface area contributed by atoms with E-state index in [9.17, 15) is 18.0 Å². The van der Waals surface area contributed by atoms with Gasteiger partial charge in [-0.1, -0.05) is 43.0 Å². The Balaban J connectivity index is 1.71. The van der Waals surface area contributed by atoms with Gasteiger partial charge in [0.05, 0.1) is 21.6 Å². The molecule has 4 nitrogen and oxygen atoms in total. The van der Waals surface area contributed by atoms with E-state index in [1.54, 1.807) is 36.4 Å². The molecule has 4 rings (SSSR count). The lowest BCUT2D eigenvalue weighted by Gasteiger charge is -2.26. The Morgan fingerprint density at radius 2 is 1.83 bits per heavy atom. The van der Waals surface area contributed by atoms with Crippen LogP contribution in [-0.2, 0) is 6.18 Å². The second-order valence-corrected chi connectivity index (χ2v) is 7.64. The molecule has 1 amide bonds. The van der Waals surface area contributed by atoms with Crippen molar-refractivity contribution in [1.29, 1.82) is 0 Å². The Hall–Kier alpha value is -2.54. The van der Waals surface area contributed by atoms with Gasteiger partial charge in [-0.05, 0) is 43.2 Å². The number of carbonyl (C=O) groups is 1. The zero-order chi connectivity index (χ0) is 20.6. The Labute approximate surface area is 170 Å². The first kappa shape index (κ1) is 19.8. The minimum atomic E-state index is -4.54. The van der Waals surface area contributed by atoms with E-state index in [1.807, 2.05) is 0 Å². The van der Waals surface area contributed by atoms with Crippen molar-refractivity contribution >= 4 is 34.2 Å². The maximum Gasteiger partial charge on any atom is 0.449 e.